The van der Waals surface area contributed by atoms with Gasteiger partial charge in [-0.25, -0.2) is 4.79 Å². The number of nitrogens with one attached hydrogen (secondary N) is 1. The molecule has 1 atom stereocenters. The molecule has 2 amide bonds. The van der Waals surface area contributed by atoms with Crippen molar-refractivity contribution in [3.05, 3.63) is 12.2 Å². The third-order valence-corrected chi connectivity index (χ3v) is 4.20. The molecule has 1 heterocycles. The number of urea groups is 1. The van der Waals surface area contributed by atoms with Gasteiger partial charge in [-0.05, 0) is 31.6 Å². The molecular weight excluding hydrogens is 295 g/mol. The molecule has 1 fully saturated rings. The van der Waals surface area contributed by atoms with Crippen LogP contribution >= 0.6 is 0 Å². The normalized spacial score (nSPS) is 24.1. The SMILES string of the molecule is O=C(NCC1CC=CCC1)N1CCCN(CC(F)(F)F)CC1. The van der Waals surface area contributed by atoms with Crippen LogP contribution in [0.15, 0.2) is 12.2 Å². The fourth-order valence-corrected chi connectivity index (χ4v) is 2.97. The quantitative estimate of drug-likeness (QED) is 0.812. The summed E-state index contributed by atoms with van der Waals surface area (Å²) in [5, 5.41) is 2.93. The summed E-state index contributed by atoms with van der Waals surface area (Å²) in [6.07, 6.45) is 3.82. The molecule has 2 rings (SSSR count). The number of hydrogen-bond acceptors (Lipinski definition) is 2. The van der Waals surface area contributed by atoms with Gasteiger partial charge in [-0.3, -0.25) is 4.90 Å². The molecule has 0 aromatic rings. The predicted octanol–water partition coefficient (Wildman–Crippen LogP) is 2.62. The molecule has 1 N–H and O–H groups in total. The lowest BCUT2D eigenvalue weighted by Gasteiger charge is -2.24. The van der Waals surface area contributed by atoms with Crippen molar-refractivity contribution in [2.45, 2.75) is 31.9 Å². The van der Waals surface area contributed by atoms with E-state index >= 15 is 0 Å². The van der Waals surface area contributed by atoms with Gasteiger partial charge in [0.25, 0.3) is 0 Å². The zero-order valence-corrected chi connectivity index (χ0v) is 12.7. The first kappa shape index (κ1) is 17.1. The van der Waals surface area contributed by atoms with Crippen molar-refractivity contribution >= 4 is 6.03 Å². The van der Waals surface area contributed by atoms with E-state index in [9.17, 15) is 18.0 Å². The first-order chi connectivity index (χ1) is 10.4. The zero-order chi connectivity index (χ0) is 16.0. The maximum Gasteiger partial charge on any atom is 0.401 e. The molecule has 1 saturated heterocycles. The number of hydrogen-bond donors (Lipinski definition) is 1. The van der Waals surface area contributed by atoms with Crippen LogP contribution in [0.1, 0.15) is 25.7 Å². The molecular formula is C15H24F3N3O. The second-order valence-corrected chi connectivity index (χ2v) is 6.07. The monoisotopic (exact) mass is 319 g/mol. The third kappa shape index (κ3) is 5.87. The average molecular weight is 319 g/mol. The van der Waals surface area contributed by atoms with Gasteiger partial charge in [0.2, 0.25) is 0 Å². The van der Waals surface area contributed by atoms with E-state index in [0.717, 1.165) is 19.3 Å². The lowest BCUT2D eigenvalue weighted by atomic mass is 9.94. The number of carbonyl (C=O) groups is 1. The van der Waals surface area contributed by atoms with Crippen molar-refractivity contribution in [3.8, 4) is 0 Å². The maximum absolute atomic E-state index is 12.4. The van der Waals surface area contributed by atoms with Gasteiger partial charge in [0.15, 0.2) is 0 Å². The van der Waals surface area contributed by atoms with Crippen molar-refractivity contribution in [1.82, 2.24) is 15.1 Å². The number of amides is 2. The fourth-order valence-electron chi connectivity index (χ4n) is 2.97. The van der Waals surface area contributed by atoms with Crippen molar-refractivity contribution in [1.29, 1.82) is 0 Å². The Labute approximate surface area is 129 Å². The van der Waals surface area contributed by atoms with E-state index in [1.54, 1.807) is 4.90 Å². The van der Waals surface area contributed by atoms with Gasteiger partial charge in [-0.1, -0.05) is 12.2 Å². The Morgan fingerprint density at radius 1 is 1.18 bits per heavy atom. The van der Waals surface area contributed by atoms with Gasteiger partial charge in [0.1, 0.15) is 0 Å². The van der Waals surface area contributed by atoms with Gasteiger partial charge in [0, 0.05) is 32.7 Å². The van der Waals surface area contributed by atoms with E-state index in [-0.39, 0.29) is 12.6 Å². The highest BCUT2D eigenvalue weighted by atomic mass is 19.4. The van der Waals surface area contributed by atoms with Crippen LogP contribution in [0.4, 0.5) is 18.0 Å². The molecule has 0 bridgehead atoms. The molecule has 22 heavy (non-hydrogen) atoms. The topological polar surface area (TPSA) is 35.6 Å². The highest BCUT2D eigenvalue weighted by molar-refractivity contribution is 5.74. The number of allylic oxidation sites excluding steroid dienone is 2. The van der Waals surface area contributed by atoms with Crippen LogP contribution in [-0.4, -0.2) is 61.3 Å². The Bertz CT molecular complexity index is 398. The molecule has 126 valence electrons. The van der Waals surface area contributed by atoms with Crippen LogP contribution in [0.2, 0.25) is 0 Å². The number of alkyl halides is 3. The van der Waals surface area contributed by atoms with E-state index in [4.69, 9.17) is 0 Å². The molecule has 0 aromatic carbocycles. The molecule has 1 aliphatic heterocycles. The van der Waals surface area contributed by atoms with Crippen LogP contribution in [0.3, 0.4) is 0 Å². The molecule has 4 nitrogen and oxygen atoms in total. The van der Waals surface area contributed by atoms with E-state index in [2.05, 4.69) is 17.5 Å². The lowest BCUT2D eigenvalue weighted by molar-refractivity contribution is -0.145. The number of carbonyl (C=O) groups excluding carboxylic acids is 1. The Morgan fingerprint density at radius 2 is 2.00 bits per heavy atom. The van der Waals surface area contributed by atoms with Crippen molar-refractivity contribution in [2.24, 2.45) is 5.92 Å². The van der Waals surface area contributed by atoms with Crippen LogP contribution < -0.4 is 5.32 Å². The second kappa shape index (κ2) is 7.85. The summed E-state index contributed by atoms with van der Waals surface area (Å²) in [7, 11) is 0. The number of rotatable bonds is 3. The predicted molar refractivity (Wildman–Crippen MR) is 78.6 cm³/mol. The van der Waals surface area contributed by atoms with Crippen LogP contribution in [-0.2, 0) is 0 Å². The number of halogens is 3. The molecule has 1 aliphatic carbocycles. The van der Waals surface area contributed by atoms with Crippen molar-refractivity contribution in [2.75, 3.05) is 39.3 Å². The maximum atomic E-state index is 12.4. The first-order valence-corrected chi connectivity index (χ1v) is 7.91. The molecule has 1 unspecified atom stereocenters. The van der Waals surface area contributed by atoms with Crippen LogP contribution in [0.5, 0.6) is 0 Å². The van der Waals surface area contributed by atoms with Gasteiger partial charge in [0.05, 0.1) is 6.54 Å². The average Bonchev–Trinajstić information content (AvgIpc) is 2.70. The summed E-state index contributed by atoms with van der Waals surface area (Å²) in [5.74, 6) is 0.475. The van der Waals surface area contributed by atoms with Gasteiger partial charge in [-0.2, -0.15) is 13.2 Å². The Hall–Kier alpha value is -1.24. The van der Waals surface area contributed by atoms with Crippen molar-refractivity contribution < 1.29 is 18.0 Å². The highest BCUT2D eigenvalue weighted by Gasteiger charge is 2.31. The summed E-state index contributed by atoms with van der Waals surface area (Å²) in [5.41, 5.74) is 0. The molecule has 0 saturated carbocycles. The fraction of sp³-hybridized carbons (Fsp3) is 0.800. The second-order valence-electron chi connectivity index (χ2n) is 6.07. The summed E-state index contributed by atoms with van der Waals surface area (Å²) >= 11 is 0. The van der Waals surface area contributed by atoms with E-state index in [0.29, 0.717) is 38.5 Å². The lowest BCUT2D eigenvalue weighted by Crippen LogP contribution is -2.44. The molecule has 0 spiro atoms. The standard InChI is InChI=1S/C15H24F3N3O/c16-15(17,18)12-20-7-4-8-21(10-9-20)14(22)19-11-13-5-2-1-3-6-13/h1-2,13H,3-12H2,(H,19,22). The molecule has 7 heteroatoms. The minimum absolute atomic E-state index is 0.150. The number of nitrogens with zero attached hydrogens (tertiary/aromatic N) is 2. The summed E-state index contributed by atoms with van der Waals surface area (Å²) < 4.78 is 37.2. The minimum atomic E-state index is -4.17. The molecule has 0 aromatic heterocycles. The minimum Gasteiger partial charge on any atom is -0.338 e. The Balaban J connectivity index is 1.73. The van der Waals surface area contributed by atoms with Crippen LogP contribution in [0, 0.1) is 5.92 Å². The van der Waals surface area contributed by atoms with E-state index in [1.165, 1.54) is 4.90 Å². The van der Waals surface area contributed by atoms with Gasteiger partial charge in [-0.15, -0.1) is 0 Å². The summed E-state index contributed by atoms with van der Waals surface area (Å²) in [6.45, 7) is 1.29. The summed E-state index contributed by atoms with van der Waals surface area (Å²) in [6, 6.07) is -0.150. The first-order valence-electron chi connectivity index (χ1n) is 7.91. The summed E-state index contributed by atoms with van der Waals surface area (Å²) in [4.78, 5) is 15.1. The Kier molecular flexibility index (Phi) is 6.11. The molecule has 2 aliphatic rings. The largest absolute Gasteiger partial charge is 0.401 e. The zero-order valence-electron chi connectivity index (χ0n) is 12.7. The van der Waals surface area contributed by atoms with Crippen LogP contribution in [0.25, 0.3) is 0 Å². The molecule has 0 radical (unpaired) electrons. The highest BCUT2D eigenvalue weighted by Crippen LogP contribution is 2.18. The Morgan fingerprint density at radius 3 is 2.68 bits per heavy atom. The van der Waals surface area contributed by atoms with Crippen molar-refractivity contribution in [3.63, 3.8) is 0 Å². The third-order valence-electron chi connectivity index (χ3n) is 4.20. The van der Waals surface area contributed by atoms with Gasteiger partial charge < -0.3 is 10.2 Å². The smallest absolute Gasteiger partial charge is 0.338 e. The van der Waals surface area contributed by atoms with E-state index in [1.807, 2.05) is 0 Å². The van der Waals surface area contributed by atoms with Gasteiger partial charge >= 0.3 is 12.2 Å². The van der Waals surface area contributed by atoms with E-state index < -0.39 is 12.7 Å².